The molecule has 1 aliphatic heterocycles. The maximum atomic E-state index is 9.60. The number of nitrogens with zero attached hydrogens (tertiary/aromatic N) is 2. The average Bonchev–Trinajstić information content (AvgIpc) is 2.60. The number of ether oxygens (including phenoxy) is 1. The van der Waals surface area contributed by atoms with Gasteiger partial charge < -0.3 is 15.8 Å². The summed E-state index contributed by atoms with van der Waals surface area (Å²) in [6, 6.07) is 8.17. The van der Waals surface area contributed by atoms with Gasteiger partial charge in [0.1, 0.15) is 23.2 Å². The molecule has 1 aromatic heterocycles. The average molecular weight is 320 g/mol. The van der Waals surface area contributed by atoms with E-state index in [0.717, 1.165) is 46.7 Å². The molecule has 0 saturated heterocycles. The minimum absolute atomic E-state index is 0.300. The SMILES string of the molecule is C=CCc1cc(-c2c(C#N)c(N)nc3c2CNCC3)ccc1OC. The summed E-state index contributed by atoms with van der Waals surface area (Å²) in [5, 5.41) is 13.0. The molecule has 3 N–H and O–H groups in total. The van der Waals surface area contributed by atoms with Gasteiger partial charge in [-0.15, -0.1) is 6.58 Å². The summed E-state index contributed by atoms with van der Waals surface area (Å²) in [6.07, 6.45) is 3.35. The van der Waals surface area contributed by atoms with Gasteiger partial charge in [0.25, 0.3) is 0 Å². The Morgan fingerprint density at radius 3 is 3.04 bits per heavy atom. The number of hydrogen-bond acceptors (Lipinski definition) is 5. The summed E-state index contributed by atoms with van der Waals surface area (Å²) in [5.74, 6) is 1.11. The standard InChI is InChI=1S/C19H20N4O/c1-3-4-12-9-13(5-6-17(12)24-2)18-14(10-20)19(21)23-16-7-8-22-11-15(16)18/h3,5-6,9,22H,1,4,7-8,11H2,2H3,(H2,21,23). The number of nitrogens with two attached hydrogens (primary N) is 1. The topological polar surface area (TPSA) is 84.0 Å². The van der Waals surface area contributed by atoms with E-state index in [-0.39, 0.29) is 0 Å². The van der Waals surface area contributed by atoms with Gasteiger partial charge >= 0.3 is 0 Å². The molecule has 5 nitrogen and oxygen atoms in total. The van der Waals surface area contributed by atoms with Crippen LogP contribution < -0.4 is 15.8 Å². The lowest BCUT2D eigenvalue weighted by molar-refractivity contribution is 0.411. The number of nitrogens with one attached hydrogen (secondary N) is 1. The molecule has 3 rings (SSSR count). The number of allylic oxidation sites excluding steroid dienone is 1. The van der Waals surface area contributed by atoms with Crippen LogP contribution in [-0.4, -0.2) is 18.6 Å². The van der Waals surface area contributed by atoms with E-state index in [0.29, 0.717) is 24.3 Å². The third kappa shape index (κ3) is 2.72. The Kier molecular flexibility index (Phi) is 4.50. The molecule has 0 aliphatic carbocycles. The highest BCUT2D eigenvalue weighted by atomic mass is 16.5. The zero-order valence-corrected chi connectivity index (χ0v) is 13.7. The lowest BCUT2D eigenvalue weighted by Gasteiger charge is -2.22. The van der Waals surface area contributed by atoms with Crippen LogP contribution in [0.15, 0.2) is 30.9 Å². The van der Waals surface area contributed by atoms with E-state index < -0.39 is 0 Å². The number of nitrogen functional groups attached to an aromatic ring is 1. The Bertz CT molecular complexity index is 836. The number of nitriles is 1. The van der Waals surface area contributed by atoms with E-state index in [1.165, 1.54) is 0 Å². The molecule has 1 aliphatic rings. The van der Waals surface area contributed by atoms with E-state index in [1.807, 2.05) is 24.3 Å². The lowest BCUT2D eigenvalue weighted by Crippen LogP contribution is -2.26. The molecule has 0 spiro atoms. The van der Waals surface area contributed by atoms with Gasteiger partial charge in [-0.05, 0) is 35.2 Å². The molecular formula is C19H20N4O. The van der Waals surface area contributed by atoms with Gasteiger partial charge in [0.05, 0.1) is 7.11 Å². The Balaban J connectivity index is 2.25. The van der Waals surface area contributed by atoms with Gasteiger partial charge in [-0.1, -0.05) is 12.1 Å². The first kappa shape index (κ1) is 16.0. The van der Waals surface area contributed by atoms with Gasteiger partial charge in [0.15, 0.2) is 0 Å². The van der Waals surface area contributed by atoms with Crippen LogP contribution in [0.1, 0.15) is 22.4 Å². The van der Waals surface area contributed by atoms with Crippen molar-refractivity contribution in [3.8, 4) is 22.9 Å². The molecule has 0 bridgehead atoms. The summed E-state index contributed by atoms with van der Waals surface area (Å²) in [6.45, 7) is 5.36. The number of hydrogen-bond donors (Lipinski definition) is 2. The van der Waals surface area contributed by atoms with E-state index in [2.05, 4.69) is 22.9 Å². The summed E-state index contributed by atoms with van der Waals surface area (Å²) in [4.78, 5) is 4.44. The molecular weight excluding hydrogens is 300 g/mol. The highest BCUT2D eigenvalue weighted by Gasteiger charge is 2.22. The normalized spacial score (nSPS) is 13.0. The molecule has 0 amide bonds. The van der Waals surface area contributed by atoms with Gasteiger partial charge in [0, 0.05) is 30.8 Å². The third-order valence-electron chi connectivity index (χ3n) is 4.30. The number of aromatic nitrogens is 1. The van der Waals surface area contributed by atoms with Crippen LogP contribution in [0.4, 0.5) is 5.82 Å². The van der Waals surface area contributed by atoms with Crippen molar-refractivity contribution < 1.29 is 4.74 Å². The predicted octanol–water partition coefficient (Wildman–Crippen LogP) is 2.59. The fraction of sp³-hybridized carbons (Fsp3) is 0.263. The maximum absolute atomic E-state index is 9.60. The summed E-state index contributed by atoms with van der Waals surface area (Å²) in [7, 11) is 1.65. The zero-order valence-electron chi connectivity index (χ0n) is 13.7. The molecule has 0 fully saturated rings. The van der Waals surface area contributed by atoms with Crippen LogP contribution in [0.25, 0.3) is 11.1 Å². The second-order valence-corrected chi connectivity index (χ2v) is 5.73. The monoisotopic (exact) mass is 320 g/mol. The first-order chi connectivity index (χ1) is 11.7. The largest absolute Gasteiger partial charge is 0.496 e. The predicted molar refractivity (Wildman–Crippen MR) is 94.7 cm³/mol. The number of pyridine rings is 1. The summed E-state index contributed by atoms with van der Waals surface area (Å²) < 4.78 is 5.42. The van der Waals surface area contributed by atoms with Crippen molar-refractivity contribution in [1.29, 1.82) is 5.26 Å². The second kappa shape index (κ2) is 6.73. The van der Waals surface area contributed by atoms with Crippen molar-refractivity contribution in [2.24, 2.45) is 0 Å². The van der Waals surface area contributed by atoms with E-state index >= 15 is 0 Å². The van der Waals surface area contributed by atoms with Gasteiger partial charge in [-0.2, -0.15) is 5.26 Å². The molecule has 5 heteroatoms. The molecule has 2 aromatic rings. The number of methoxy groups -OCH3 is 1. The zero-order chi connectivity index (χ0) is 17.1. The van der Waals surface area contributed by atoms with Gasteiger partial charge in [-0.3, -0.25) is 0 Å². The Morgan fingerprint density at radius 2 is 2.33 bits per heavy atom. The van der Waals surface area contributed by atoms with Crippen LogP contribution in [0.2, 0.25) is 0 Å². The van der Waals surface area contributed by atoms with E-state index in [1.54, 1.807) is 7.11 Å². The van der Waals surface area contributed by atoms with Crippen LogP contribution in [0.5, 0.6) is 5.75 Å². The molecule has 0 unspecified atom stereocenters. The van der Waals surface area contributed by atoms with E-state index in [4.69, 9.17) is 10.5 Å². The quantitative estimate of drug-likeness (QED) is 0.846. The number of benzene rings is 1. The minimum atomic E-state index is 0.300. The van der Waals surface area contributed by atoms with Crippen molar-refractivity contribution in [3.63, 3.8) is 0 Å². The fourth-order valence-corrected chi connectivity index (χ4v) is 3.19. The first-order valence-electron chi connectivity index (χ1n) is 7.89. The molecule has 0 radical (unpaired) electrons. The van der Waals surface area contributed by atoms with Crippen LogP contribution in [0, 0.1) is 11.3 Å². The lowest BCUT2D eigenvalue weighted by atomic mass is 9.90. The van der Waals surface area contributed by atoms with Crippen molar-refractivity contribution >= 4 is 5.82 Å². The molecule has 24 heavy (non-hydrogen) atoms. The van der Waals surface area contributed by atoms with Crippen LogP contribution in [-0.2, 0) is 19.4 Å². The van der Waals surface area contributed by atoms with Crippen LogP contribution in [0.3, 0.4) is 0 Å². The van der Waals surface area contributed by atoms with Crippen molar-refractivity contribution in [3.05, 3.63) is 53.2 Å². The van der Waals surface area contributed by atoms with Crippen molar-refractivity contribution in [2.75, 3.05) is 19.4 Å². The Morgan fingerprint density at radius 1 is 1.50 bits per heavy atom. The number of anilines is 1. The summed E-state index contributed by atoms with van der Waals surface area (Å²) in [5.41, 5.74) is 11.4. The maximum Gasteiger partial charge on any atom is 0.142 e. The van der Waals surface area contributed by atoms with Gasteiger partial charge in [-0.25, -0.2) is 4.98 Å². The van der Waals surface area contributed by atoms with Crippen LogP contribution >= 0.6 is 0 Å². The van der Waals surface area contributed by atoms with Crippen molar-refractivity contribution in [2.45, 2.75) is 19.4 Å². The molecule has 122 valence electrons. The third-order valence-corrected chi connectivity index (χ3v) is 4.30. The number of fused-ring (bicyclic) bond motifs is 1. The second-order valence-electron chi connectivity index (χ2n) is 5.73. The molecule has 2 heterocycles. The molecule has 0 atom stereocenters. The smallest absolute Gasteiger partial charge is 0.142 e. The fourth-order valence-electron chi connectivity index (χ4n) is 3.19. The highest BCUT2D eigenvalue weighted by molar-refractivity contribution is 5.80. The van der Waals surface area contributed by atoms with Gasteiger partial charge in [0.2, 0.25) is 0 Å². The number of rotatable bonds is 4. The highest BCUT2D eigenvalue weighted by Crippen LogP contribution is 2.35. The molecule has 1 aromatic carbocycles. The Hall–Kier alpha value is -2.84. The molecule has 0 saturated carbocycles. The summed E-state index contributed by atoms with van der Waals surface area (Å²) >= 11 is 0. The first-order valence-corrected chi connectivity index (χ1v) is 7.89. The Labute approximate surface area is 141 Å². The minimum Gasteiger partial charge on any atom is -0.496 e. The van der Waals surface area contributed by atoms with Crippen molar-refractivity contribution in [1.82, 2.24) is 10.3 Å². The van der Waals surface area contributed by atoms with E-state index in [9.17, 15) is 5.26 Å².